The highest BCUT2D eigenvalue weighted by Gasteiger charge is 2.29. The van der Waals surface area contributed by atoms with Crippen molar-refractivity contribution in [3.8, 4) is 0 Å². The lowest BCUT2D eigenvalue weighted by Gasteiger charge is -2.37. The summed E-state index contributed by atoms with van der Waals surface area (Å²) in [5.74, 6) is 1.83. The number of carbonyl (C=O) groups excluding carboxylic acids is 1. The van der Waals surface area contributed by atoms with E-state index in [0.29, 0.717) is 18.7 Å². The van der Waals surface area contributed by atoms with E-state index in [1.165, 1.54) is 5.56 Å². The predicted molar refractivity (Wildman–Crippen MR) is 141 cm³/mol. The van der Waals surface area contributed by atoms with E-state index >= 15 is 0 Å². The lowest BCUT2D eigenvalue weighted by atomic mass is 10.0. The fraction of sp³-hybridized carbons (Fsp3) is 0.286. The standard InChI is InChI=1S/C28H29N7O/c29-22-18-35(19-22)28(36)21-10-11-26(30-17-21)33-12-14-34(15-13-33)27-24-9-5-4-8-23(24)25(31-32-27)16-20-6-2-1-3-7-20/h1-11,17,22H,12-16,18-19,29H2. The van der Waals surface area contributed by atoms with Gasteiger partial charge in [0, 0.05) is 68.7 Å². The molecule has 2 aromatic carbocycles. The third kappa shape index (κ3) is 4.35. The van der Waals surface area contributed by atoms with Crippen LogP contribution in [0.1, 0.15) is 21.6 Å². The number of carbonyl (C=O) groups is 1. The van der Waals surface area contributed by atoms with Gasteiger partial charge in [-0.3, -0.25) is 4.79 Å². The molecule has 0 aliphatic carbocycles. The van der Waals surface area contributed by atoms with E-state index in [9.17, 15) is 4.79 Å². The SMILES string of the molecule is NC1CN(C(=O)c2ccc(N3CCN(c4nnc(Cc5ccccc5)c5ccccc45)CC3)nc2)C1. The Morgan fingerprint density at radius 1 is 0.833 bits per heavy atom. The number of fused-ring (bicyclic) bond motifs is 1. The van der Waals surface area contributed by atoms with E-state index in [1.54, 1.807) is 11.1 Å². The van der Waals surface area contributed by atoms with Gasteiger partial charge in [-0.2, -0.15) is 5.10 Å². The number of amides is 1. The van der Waals surface area contributed by atoms with E-state index in [4.69, 9.17) is 5.73 Å². The first-order valence-corrected chi connectivity index (χ1v) is 12.4. The van der Waals surface area contributed by atoms with E-state index in [-0.39, 0.29) is 11.9 Å². The first kappa shape index (κ1) is 22.4. The van der Waals surface area contributed by atoms with Crippen LogP contribution in [0.5, 0.6) is 0 Å². The number of piperazine rings is 1. The Bertz CT molecular complexity index is 1360. The van der Waals surface area contributed by atoms with Gasteiger partial charge in [-0.15, -0.1) is 5.10 Å². The summed E-state index contributed by atoms with van der Waals surface area (Å²) in [4.78, 5) is 23.4. The van der Waals surface area contributed by atoms with Crippen molar-refractivity contribution in [1.29, 1.82) is 0 Å². The molecular formula is C28H29N7O. The fourth-order valence-corrected chi connectivity index (χ4v) is 5.01. The van der Waals surface area contributed by atoms with Crippen LogP contribution in [0.2, 0.25) is 0 Å². The van der Waals surface area contributed by atoms with Gasteiger partial charge in [-0.05, 0) is 17.7 Å². The molecule has 4 heterocycles. The molecule has 8 nitrogen and oxygen atoms in total. The van der Waals surface area contributed by atoms with Gasteiger partial charge in [0.15, 0.2) is 5.82 Å². The third-order valence-electron chi connectivity index (χ3n) is 7.05. The number of hydrogen-bond donors (Lipinski definition) is 1. The summed E-state index contributed by atoms with van der Waals surface area (Å²) < 4.78 is 0. The summed E-state index contributed by atoms with van der Waals surface area (Å²) in [6.07, 6.45) is 2.44. The molecule has 0 bridgehead atoms. The predicted octanol–water partition coefficient (Wildman–Crippen LogP) is 2.73. The Kier molecular flexibility index (Phi) is 5.95. The highest BCUT2D eigenvalue weighted by molar-refractivity contribution is 5.95. The van der Waals surface area contributed by atoms with Crippen LogP contribution in [0.15, 0.2) is 72.9 Å². The van der Waals surface area contributed by atoms with Crippen LogP contribution in [-0.2, 0) is 6.42 Å². The van der Waals surface area contributed by atoms with Crippen molar-refractivity contribution in [2.45, 2.75) is 12.5 Å². The maximum absolute atomic E-state index is 12.5. The number of likely N-dealkylation sites (tertiary alicyclic amines) is 1. The molecule has 0 atom stereocenters. The van der Waals surface area contributed by atoms with Gasteiger partial charge < -0.3 is 20.4 Å². The van der Waals surface area contributed by atoms with Crippen LogP contribution >= 0.6 is 0 Å². The summed E-state index contributed by atoms with van der Waals surface area (Å²) >= 11 is 0. The third-order valence-corrected chi connectivity index (χ3v) is 7.05. The van der Waals surface area contributed by atoms with Gasteiger partial charge in [-0.25, -0.2) is 4.98 Å². The maximum Gasteiger partial charge on any atom is 0.255 e. The molecule has 0 unspecified atom stereocenters. The first-order valence-electron chi connectivity index (χ1n) is 12.4. The molecule has 182 valence electrons. The van der Waals surface area contributed by atoms with Crippen molar-refractivity contribution >= 4 is 28.3 Å². The van der Waals surface area contributed by atoms with E-state index in [2.05, 4.69) is 73.5 Å². The zero-order chi connectivity index (χ0) is 24.5. The van der Waals surface area contributed by atoms with Gasteiger partial charge in [0.05, 0.1) is 11.3 Å². The minimum atomic E-state index is 0.00160. The van der Waals surface area contributed by atoms with Gasteiger partial charge in [0.2, 0.25) is 0 Å². The molecule has 6 rings (SSSR count). The zero-order valence-electron chi connectivity index (χ0n) is 20.1. The van der Waals surface area contributed by atoms with Crippen LogP contribution in [-0.4, -0.2) is 71.3 Å². The molecule has 36 heavy (non-hydrogen) atoms. The average Bonchev–Trinajstić information content (AvgIpc) is 2.92. The number of aromatic nitrogens is 3. The van der Waals surface area contributed by atoms with Crippen LogP contribution in [0, 0.1) is 0 Å². The molecule has 2 aromatic heterocycles. The molecule has 2 N–H and O–H groups in total. The fourth-order valence-electron chi connectivity index (χ4n) is 5.01. The highest BCUT2D eigenvalue weighted by atomic mass is 16.2. The van der Waals surface area contributed by atoms with Crippen molar-refractivity contribution in [3.63, 3.8) is 0 Å². The van der Waals surface area contributed by atoms with E-state index in [0.717, 1.165) is 60.7 Å². The molecule has 2 saturated heterocycles. The second-order valence-corrected chi connectivity index (χ2v) is 9.53. The summed E-state index contributed by atoms with van der Waals surface area (Å²) in [6.45, 7) is 4.53. The Morgan fingerprint density at radius 2 is 1.53 bits per heavy atom. The number of benzene rings is 2. The van der Waals surface area contributed by atoms with Gasteiger partial charge in [-0.1, -0.05) is 54.6 Å². The molecule has 1 amide bonds. The average molecular weight is 480 g/mol. The number of nitrogens with zero attached hydrogens (tertiary/aromatic N) is 6. The first-order chi connectivity index (χ1) is 17.7. The van der Waals surface area contributed by atoms with Crippen molar-refractivity contribution in [2.24, 2.45) is 5.73 Å². The number of nitrogens with two attached hydrogens (primary N) is 1. The summed E-state index contributed by atoms with van der Waals surface area (Å²) in [5.41, 5.74) is 8.64. The molecule has 4 aromatic rings. The van der Waals surface area contributed by atoms with Crippen LogP contribution in [0.25, 0.3) is 10.8 Å². The normalized spacial score (nSPS) is 16.3. The quantitative estimate of drug-likeness (QED) is 0.471. The minimum Gasteiger partial charge on any atom is -0.353 e. The number of pyridine rings is 1. The zero-order valence-corrected chi connectivity index (χ0v) is 20.1. The molecule has 8 heteroatoms. The number of anilines is 2. The molecule has 2 aliphatic rings. The molecule has 0 radical (unpaired) electrons. The van der Waals surface area contributed by atoms with E-state index < -0.39 is 0 Å². The van der Waals surface area contributed by atoms with Gasteiger partial charge in [0.1, 0.15) is 5.82 Å². The smallest absolute Gasteiger partial charge is 0.255 e. The second-order valence-electron chi connectivity index (χ2n) is 9.53. The summed E-state index contributed by atoms with van der Waals surface area (Å²) in [6, 6.07) is 22.7. The van der Waals surface area contributed by atoms with E-state index in [1.807, 2.05) is 18.2 Å². The Hall–Kier alpha value is -4.04. The maximum atomic E-state index is 12.5. The monoisotopic (exact) mass is 479 g/mol. The lowest BCUT2D eigenvalue weighted by Crippen LogP contribution is -2.57. The molecule has 2 aliphatic heterocycles. The van der Waals surface area contributed by atoms with Crippen molar-refractivity contribution in [3.05, 3.63) is 89.7 Å². The Morgan fingerprint density at radius 3 is 2.22 bits per heavy atom. The van der Waals surface area contributed by atoms with Crippen LogP contribution < -0.4 is 15.5 Å². The largest absolute Gasteiger partial charge is 0.353 e. The second kappa shape index (κ2) is 9.54. The van der Waals surface area contributed by atoms with Crippen molar-refractivity contribution in [2.75, 3.05) is 49.1 Å². The molecule has 2 fully saturated rings. The summed E-state index contributed by atoms with van der Waals surface area (Å²) in [7, 11) is 0. The lowest BCUT2D eigenvalue weighted by molar-refractivity contribution is 0.0607. The molecule has 0 spiro atoms. The topological polar surface area (TPSA) is 91.5 Å². The Labute approximate surface area is 210 Å². The molecule has 0 saturated carbocycles. The van der Waals surface area contributed by atoms with Crippen LogP contribution in [0.3, 0.4) is 0 Å². The highest BCUT2D eigenvalue weighted by Crippen LogP contribution is 2.28. The van der Waals surface area contributed by atoms with Crippen molar-refractivity contribution < 1.29 is 4.79 Å². The molecular weight excluding hydrogens is 450 g/mol. The van der Waals surface area contributed by atoms with Crippen molar-refractivity contribution in [1.82, 2.24) is 20.1 Å². The summed E-state index contributed by atoms with van der Waals surface area (Å²) in [5, 5.41) is 11.6. The van der Waals surface area contributed by atoms with Crippen LogP contribution in [0.4, 0.5) is 11.6 Å². The van der Waals surface area contributed by atoms with Gasteiger partial charge >= 0.3 is 0 Å². The Balaban J connectivity index is 1.15. The number of hydrogen-bond acceptors (Lipinski definition) is 7. The number of rotatable bonds is 5. The minimum absolute atomic E-state index is 0.00160. The van der Waals surface area contributed by atoms with Gasteiger partial charge in [0.25, 0.3) is 5.91 Å².